The van der Waals surface area contributed by atoms with E-state index in [4.69, 9.17) is 27.9 Å². The molecular weight excluding hydrogens is 489 g/mol. The highest BCUT2D eigenvalue weighted by Gasteiger charge is 2.45. The van der Waals surface area contributed by atoms with Crippen LogP contribution in [-0.2, 0) is 9.53 Å². The van der Waals surface area contributed by atoms with E-state index in [9.17, 15) is 19.2 Å². The summed E-state index contributed by atoms with van der Waals surface area (Å²) < 4.78 is 5.27. The minimum absolute atomic E-state index is 0.0671. The summed E-state index contributed by atoms with van der Waals surface area (Å²) in [6.45, 7) is 2.84. The zero-order valence-electron chi connectivity index (χ0n) is 19.0. The number of nitrogens with zero attached hydrogens (tertiary/aromatic N) is 1. The van der Waals surface area contributed by atoms with Crippen LogP contribution in [0.3, 0.4) is 0 Å². The van der Waals surface area contributed by atoms with Gasteiger partial charge in [0.25, 0.3) is 11.8 Å². The van der Waals surface area contributed by atoms with Gasteiger partial charge in [0, 0.05) is 5.56 Å². The van der Waals surface area contributed by atoms with E-state index in [1.807, 2.05) is 42.5 Å². The quantitative estimate of drug-likeness (QED) is 0.231. The summed E-state index contributed by atoms with van der Waals surface area (Å²) in [5, 5.41) is 0.252. The number of rotatable bonds is 7. The fourth-order valence-corrected chi connectivity index (χ4v) is 4.29. The largest absolute Gasteiger partial charge is 0.456 e. The number of hydrogen-bond acceptors (Lipinski definition) is 5. The molecule has 0 saturated carbocycles. The van der Waals surface area contributed by atoms with Crippen molar-refractivity contribution in [3.63, 3.8) is 0 Å². The number of halogens is 2. The van der Waals surface area contributed by atoms with Crippen molar-refractivity contribution in [1.82, 2.24) is 4.90 Å². The van der Waals surface area contributed by atoms with Crippen LogP contribution in [0.15, 0.2) is 66.7 Å². The van der Waals surface area contributed by atoms with E-state index in [1.165, 1.54) is 12.1 Å². The number of benzene rings is 3. The predicted molar refractivity (Wildman–Crippen MR) is 133 cm³/mol. The predicted octanol–water partition coefficient (Wildman–Crippen LogP) is 5.71. The molecule has 0 N–H and O–H groups in total. The lowest BCUT2D eigenvalue weighted by Crippen LogP contribution is -2.49. The number of imide groups is 1. The van der Waals surface area contributed by atoms with Crippen molar-refractivity contribution in [2.45, 2.75) is 19.9 Å². The Morgan fingerprint density at radius 1 is 0.829 bits per heavy atom. The van der Waals surface area contributed by atoms with Crippen LogP contribution < -0.4 is 0 Å². The van der Waals surface area contributed by atoms with E-state index in [0.29, 0.717) is 5.56 Å². The molecule has 3 aromatic rings. The molecule has 0 bridgehead atoms. The molecule has 8 heteroatoms. The lowest BCUT2D eigenvalue weighted by Gasteiger charge is -2.27. The van der Waals surface area contributed by atoms with E-state index in [0.717, 1.165) is 16.0 Å². The Bertz CT molecular complexity index is 1280. The van der Waals surface area contributed by atoms with Crippen molar-refractivity contribution in [2.24, 2.45) is 5.92 Å². The van der Waals surface area contributed by atoms with Gasteiger partial charge in [-0.05, 0) is 29.2 Å². The Morgan fingerprint density at radius 3 is 1.86 bits per heavy atom. The molecule has 0 fully saturated rings. The molecule has 1 heterocycles. The topological polar surface area (TPSA) is 80.8 Å². The van der Waals surface area contributed by atoms with Gasteiger partial charge in [-0.25, -0.2) is 4.79 Å². The second kappa shape index (κ2) is 10.0. The average Bonchev–Trinajstić information content (AvgIpc) is 3.08. The van der Waals surface area contributed by atoms with Crippen LogP contribution in [0.25, 0.3) is 11.1 Å². The summed E-state index contributed by atoms with van der Waals surface area (Å²) in [6.07, 6.45) is 0. The molecule has 178 valence electrons. The molecule has 0 radical (unpaired) electrons. The minimum atomic E-state index is -1.21. The number of carbonyl (C=O) groups excluding carboxylic acids is 4. The molecule has 1 aliphatic rings. The van der Waals surface area contributed by atoms with E-state index in [-0.39, 0.29) is 21.2 Å². The van der Waals surface area contributed by atoms with Gasteiger partial charge in [0.05, 0.1) is 21.2 Å². The smallest absolute Gasteiger partial charge is 0.330 e. The standard InChI is InChI=1S/C27H21Cl2NO5/c1-15(2)24(30-25(32)19-12-21(28)22(29)13-20(19)26(30)33)27(34)35-14-23(31)18-10-8-17(9-11-18)16-6-4-3-5-7-16/h3-13,15,24H,14H2,1-2H3/t24-/m0/s1. The van der Waals surface area contributed by atoms with Crippen LogP contribution >= 0.6 is 23.2 Å². The van der Waals surface area contributed by atoms with Gasteiger partial charge in [-0.2, -0.15) is 0 Å². The zero-order valence-corrected chi connectivity index (χ0v) is 20.5. The summed E-state index contributed by atoms with van der Waals surface area (Å²) >= 11 is 12.0. The maximum Gasteiger partial charge on any atom is 0.330 e. The van der Waals surface area contributed by atoms with Crippen molar-refractivity contribution in [3.05, 3.63) is 93.5 Å². The van der Waals surface area contributed by atoms with Crippen LogP contribution in [0.4, 0.5) is 0 Å². The third kappa shape index (κ3) is 4.85. The van der Waals surface area contributed by atoms with Gasteiger partial charge < -0.3 is 4.74 Å². The van der Waals surface area contributed by atoms with Crippen LogP contribution in [0.2, 0.25) is 10.0 Å². The molecule has 2 amide bonds. The SMILES string of the molecule is CC(C)[C@@H](C(=O)OCC(=O)c1ccc(-c2ccccc2)cc1)N1C(=O)c2cc(Cl)c(Cl)cc2C1=O. The Hall–Kier alpha value is -3.48. The molecule has 0 spiro atoms. The lowest BCUT2D eigenvalue weighted by atomic mass is 10.0. The molecule has 0 saturated heterocycles. The number of amides is 2. The number of carbonyl (C=O) groups is 4. The normalized spacial score (nSPS) is 13.7. The highest BCUT2D eigenvalue weighted by Crippen LogP contribution is 2.33. The van der Waals surface area contributed by atoms with Crippen molar-refractivity contribution in [3.8, 4) is 11.1 Å². The molecule has 6 nitrogen and oxygen atoms in total. The molecule has 0 aromatic heterocycles. The van der Waals surface area contributed by atoms with Crippen molar-refractivity contribution >= 4 is 46.8 Å². The molecule has 3 aromatic carbocycles. The Labute approximate surface area is 212 Å². The van der Waals surface area contributed by atoms with E-state index < -0.39 is 42.1 Å². The van der Waals surface area contributed by atoms with Gasteiger partial charge >= 0.3 is 5.97 Å². The lowest BCUT2D eigenvalue weighted by molar-refractivity contribution is -0.148. The summed E-state index contributed by atoms with van der Waals surface area (Å²) in [7, 11) is 0. The highest BCUT2D eigenvalue weighted by molar-refractivity contribution is 6.43. The fraction of sp³-hybridized carbons (Fsp3) is 0.185. The van der Waals surface area contributed by atoms with Crippen molar-refractivity contribution in [1.29, 1.82) is 0 Å². The Balaban J connectivity index is 1.46. The highest BCUT2D eigenvalue weighted by atomic mass is 35.5. The summed E-state index contributed by atoms with van der Waals surface area (Å²) in [4.78, 5) is 52.4. The van der Waals surface area contributed by atoms with Crippen LogP contribution in [0, 0.1) is 5.92 Å². The van der Waals surface area contributed by atoms with Crippen LogP contribution in [0.1, 0.15) is 44.9 Å². The Kier molecular flexibility index (Phi) is 7.05. The first-order chi connectivity index (χ1) is 16.7. The molecular formula is C27H21Cl2NO5. The van der Waals surface area contributed by atoms with E-state index in [2.05, 4.69) is 0 Å². The van der Waals surface area contributed by atoms with Gasteiger partial charge in [0.1, 0.15) is 6.04 Å². The maximum absolute atomic E-state index is 13.0. The molecule has 1 atom stereocenters. The molecule has 0 unspecified atom stereocenters. The fourth-order valence-electron chi connectivity index (χ4n) is 3.97. The zero-order chi connectivity index (χ0) is 25.3. The molecule has 0 aliphatic carbocycles. The summed E-state index contributed by atoms with van der Waals surface area (Å²) in [5.41, 5.74) is 2.48. The summed E-state index contributed by atoms with van der Waals surface area (Å²) in [5.74, 6) is -3.04. The van der Waals surface area contributed by atoms with Crippen molar-refractivity contribution < 1.29 is 23.9 Å². The van der Waals surface area contributed by atoms with Gasteiger partial charge in [-0.1, -0.05) is 91.6 Å². The summed E-state index contributed by atoms with van der Waals surface area (Å²) in [6, 6.07) is 18.1. The third-order valence-corrected chi connectivity index (χ3v) is 6.49. The van der Waals surface area contributed by atoms with Gasteiger partial charge in [-0.15, -0.1) is 0 Å². The second-order valence-corrected chi connectivity index (χ2v) is 9.27. The number of Topliss-reactive ketones (excluding diaryl/α,β-unsaturated/α-hetero) is 1. The van der Waals surface area contributed by atoms with Gasteiger partial charge in [0.15, 0.2) is 12.4 Å². The van der Waals surface area contributed by atoms with E-state index >= 15 is 0 Å². The Morgan fingerprint density at radius 2 is 1.34 bits per heavy atom. The third-order valence-electron chi connectivity index (χ3n) is 5.77. The van der Waals surface area contributed by atoms with Crippen LogP contribution in [0.5, 0.6) is 0 Å². The monoisotopic (exact) mass is 509 g/mol. The first kappa shape index (κ1) is 24.6. The minimum Gasteiger partial charge on any atom is -0.456 e. The van der Waals surface area contributed by atoms with Crippen LogP contribution in [-0.4, -0.2) is 41.1 Å². The number of ketones is 1. The molecule has 35 heavy (non-hydrogen) atoms. The number of esters is 1. The van der Waals surface area contributed by atoms with Gasteiger partial charge in [-0.3, -0.25) is 19.3 Å². The number of ether oxygens (including phenoxy) is 1. The van der Waals surface area contributed by atoms with Crippen molar-refractivity contribution in [2.75, 3.05) is 6.61 Å². The number of hydrogen-bond donors (Lipinski definition) is 0. The first-order valence-electron chi connectivity index (χ1n) is 10.9. The van der Waals surface area contributed by atoms with E-state index in [1.54, 1.807) is 26.0 Å². The first-order valence-corrected chi connectivity index (χ1v) is 11.7. The molecule has 1 aliphatic heterocycles. The second-order valence-electron chi connectivity index (χ2n) is 8.46. The molecule has 4 rings (SSSR count). The number of fused-ring (bicyclic) bond motifs is 1. The maximum atomic E-state index is 13.0. The average molecular weight is 510 g/mol. The van der Waals surface area contributed by atoms with Gasteiger partial charge in [0.2, 0.25) is 0 Å².